The Morgan fingerprint density at radius 3 is 2.50 bits per heavy atom. The first kappa shape index (κ1) is 13.5. The van der Waals surface area contributed by atoms with E-state index >= 15 is 0 Å². The predicted molar refractivity (Wildman–Crippen MR) is 87.1 cm³/mol. The lowest BCUT2D eigenvalue weighted by Crippen LogP contribution is -1.96. The van der Waals surface area contributed by atoms with Gasteiger partial charge in [-0.1, -0.05) is 53.6 Å². The standard InChI is InChI=1S/C19H19Cl/c1-14-5-4-7-16-6-2-3-8-18(16)19(14)13-15-9-11-17(20)12-10-15/h2-3,6,8-12H,4-5,7,13H2,1H3. The maximum Gasteiger partial charge on any atom is 0.0406 e. The summed E-state index contributed by atoms with van der Waals surface area (Å²) in [6, 6.07) is 17.1. The lowest BCUT2D eigenvalue weighted by molar-refractivity contribution is 0.822. The molecule has 3 rings (SSSR count). The number of hydrogen-bond acceptors (Lipinski definition) is 0. The summed E-state index contributed by atoms with van der Waals surface area (Å²) in [6.45, 7) is 2.29. The highest BCUT2D eigenvalue weighted by Gasteiger charge is 2.14. The van der Waals surface area contributed by atoms with E-state index in [1.54, 1.807) is 0 Å². The van der Waals surface area contributed by atoms with Gasteiger partial charge in [0.2, 0.25) is 0 Å². The number of benzene rings is 2. The van der Waals surface area contributed by atoms with Crippen molar-refractivity contribution in [3.8, 4) is 0 Å². The van der Waals surface area contributed by atoms with Crippen molar-refractivity contribution in [1.82, 2.24) is 0 Å². The Morgan fingerprint density at radius 2 is 1.70 bits per heavy atom. The molecule has 2 aromatic rings. The normalized spacial score (nSPS) is 14.9. The second kappa shape index (κ2) is 5.85. The molecular formula is C19H19Cl. The van der Waals surface area contributed by atoms with Gasteiger partial charge >= 0.3 is 0 Å². The van der Waals surface area contributed by atoms with Gasteiger partial charge in [-0.2, -0.15) is 0 Å². The number of allylic oxidation sites excluding steroid dienone is 2. The third-order valence-corrected chi connectivity index (χ3v) is 4.40. The Hall–Kier alpha value is -1.53. The minimum Gasteiger partial charge on any atom is -0.0843 e. The third-order valence-electron chi connectivity index (χ3n) is 4.15. The minimum atomic E-state index is 0.806. The van der Waals surface area contributed by atoms with E-state index in [0.29, 0.717) is 0 Å². The summed E-state index contributed by atoms with van der Waals surface area (Å²) in [7, 11) is 0. The van der Waals surface area contributed by atoms with Crippen molar-refractivity contribution < 1.29 is 0 Å². The molecule has 1 heteroatoms. The molecule has 0 saturated heterocycles. The molecule has 0 saturated carbocycles. The van der Waals surface area contributed by atoms with E-state index in [9.17, 15) is 0 Å². The molecule has 0 spiro atoms. The first-order chi connectivity index (χ1) is 9.74. The van der Waals surface area contributed by atoms with Crippen LogP contribution in [0.25, 0.3) is 5.57 Å². The van der Waals surface area contributed by atoms with Crippen molar-refractivity contribution in [1.29, 1.82) is 0 Å². The van der Waals surface area contributed by atoms with Gasteiger partial charge in [0.15, 0.2) is 0 Å². The van der Waals surface area contributed by atoms with Gasteiger partial charge in [-0.25, -0.2) is 0 Å². The molecule has 0 bridgehead atoms. The molecule has 0 heterocycles. The molecule has 20 heavy (non-hydrogen) atoms. The summed E-state index contributed by atoms with van der Waals surface area (Å²) >= 11 is 5.98. The Morgan fingerprint density at radius 1 is 0.950 bits per heavy atom. The van der Waals surface area contributed by atoms with Crippen molar-refractivity contribution in [2.75, 3.05) is 0 Å². The average molecular weight is 283 g/mol. The molecular weight excluding hydrogens is 264 g/mol. The minimum absolute atomic E-state index is 0.806. The quantitative estimate of drug-likeness (QED) is 0.663. The van der Waals surface area contributed by atoms with Gasteiger partial charge in [0.25, 0.3) is 0 Å². The van der Waals surface area contributed by atoms with E-state index in [-0.39, 0.29) is 0 Å². The zero-order valence-corrected chi connectivity index (χ0v) is 12.6. The van der Waals surface area contributed by atoms with E-state index in [4.69, 9.17) is 11.6 Å². The van der Waals surface area contributed by atoms with Crippen LogP contribution in [0.5, 0.6) is 0 Å². The molecule has 0 N–H and O–H groups in total. The molecule has 0 fully saturated rings. The maximum atomic E-state index is 5.98. The van der Waals surface area contributed by atoms with Crippen LogP contribution < -0.4 is 0 Å². The Bertz CT molecular complexity index is 635. The zero-order chi connectivity index (χ0) is 13.9. The summed E-state index contributed by atoms with van der Waals surface area (Å²) in [5.41, 5.74) is 7.30. The zero-order valence-electron chi connectivity index (χ0n) is 11.8. The SMILES string of the molecule is CC1=C(Cc2ccc(Cl)cc2)c2ccccc2CCC1. The third kappa shape index (κ3) is 2.81. The summed E-state index contributed by atoms with van der Waals surface area (Å²) in [5.74, 6) is 0. The fourth-order valence-corrected chi connectivity index (χ4v) is 3.14. The summed E-state index contributed by atoms with van der Waals surface area (Å²) in [5, 5.41) is 0.806. The van der Waals surface area contributed by atoms with Gasteiger partial charge in [0, 0.05) is 5.02 Å². The van der Waals surface area contributed by atoms with Crippen LogP contribution in [0, 0.1) is 0 Å². The van der Waals surface area contributed by atoms with Crippen LogP contribution >= 0.6 is 11.6 Å². The van der Waals surface area contributed by atoms with E-state index in [0.717, 1.165) is 11.4 Å². The molecule has 0 amide bonds. The van der Waals surface area contributed by atoms with Crippen LogP contribution in [0.3, 0.4) is 0 Å². The predicted octanol–water partition coefficient (Wildman–Crippen LogP) is 5.69. The van der Waals surface area contributed by atoms with E-state index in [1.807, 2.05) is 12.1 Å². The molecule has 0 radical (unpaired) electrons. The largest absolute Gasteiger partial charge is 0.0843 e. The second-order valence-electron chi connectivity index (χ2n) is 5.57. The van der Waals surface area contributed by atoms with Gasteiger partial charge in [-0.05, 0) is 67.0 Å². The van der Waals surface area contributed by atoms with Gasteiger partial charge < -0.3 is 0 Å². The molecule has 0 aliphatic heterocycles. The van der Waals surface area contributed by atoms with Gasteiger partial charge in [0.1, 0.15) is 0 Å². The molecule has 102 valence electrons. The second-order valence-corrected chi connectivity index (χ2v) is 6.01. The van der Waals surface area contributed by atoms with Crippen LogP contribution in [-0.4, -0.2) is 0 Å². The Labute approximate surface area is 126 Å². The van der Waals surface area contributed by atoms with E-state index in [2.05, 4.69) is 43.3 Å². The topological polar surface area (TPSA) is 0 Å². The van der Waals surface area contributed by atoms with Crippen molar-refractivity contribution in [2.45, 2.75) is 32.6 Å². The van der Waals surface area contributed by atoms with Gasteiger partial charge in [-0.3, -0.25) is 0 Å². The van der Waals surface area contributed by atoms with Gasteiger partial charge in [0.05, 0.1) is 0 Å². The average Bonchev–Trinajstić information content (AvgIpc) is 2.62. The van der Waals surface area contributed by atoms with E-state index < -0.39 is 0 Å². The molecule has 0 aromatic heterocycles. The number of fused-ring (bicyclic) bond motifs is 1. The van der Waals surface area contributed by atoms with Crippen LogP contribution in [-0.2, 0) is 12.8 Å². The number of aryl methyl sites for hydroxylation is 1. The molecule has 2 aromatic carbocycles. The van der Waals surface area contributed by atoms with Crippen LogP contribution in [0.1, 0.15) is 36.5 Å². The Kier molecular flexibility index (Phi) is 3.93. The number of rotatable bonds is 2. The van der Waals surface area contributed by atoms with E-state index in [1.165, 1.54) is 47.1 Å². The first-order valence-electron chi connectivity index (χ1n) is 7.25. The molecule has 0 atom stereocenters. The summed E-state index contributed by atoms with van der Waals surface area (Å²) < 4.78 is 0. The maximum absolute atomic E-state index is 5.98. The highest BCUT2D eigenvalue weighted by Crippen LogP contribution is 2.32. The summed E-state index contributed by atoms with van der Waals surface area (Å²) in [6.07, 6.45) is 4.65. The van der Waals surface area contributed by atoms with Crippen molar-refractivity contribution in [3.63, 3.8) is 0 Å². The lowest BCUT2D eigenvalue weighted by Gasteiger charge is -2.13. The van der Waals surface area contributed by atoms with Crippen molar-refractivity contribution >= 4 is 17.2 Å². The first-order valence-corrected chi connectivity index (χ1v) is 7.63. The Balaban J connectivity index is 1.99. The van der Waals surface area contributed by atoms with Crippen LogP contribution in [0.4, 0.5) is 0 Å². The highest BCUT2D eigenvalue weighted by molar-refractivity contribution is 6.30. The summed E-state index contributed by atoms with van der Waals surface area (Å²) in [4.78, 5) is 0. The van der Waals surface area contributed by atoms with Crippen LogP contribution in [0.2, 0.25) is 5.02 Å². The lowest BCUT2D eigenvalue weighted by atomic mass is 9.92. The molecule has 1 aliphatic carbocycles. The number of hydrogen-bond donors (Lipinski definition) is 0. The smallest absolute Gasteiger partial charge is 0.0406 e. The number of halogens is 1. The highest BCUT2D eigenvalue weighted by atomic mass is 35.5. The van der Waals surface area contributed by atoms with Crippen LogP contribution in [0.15, 0.2) is 54.1 Å². The monoisotopic (exact) mass is 282 g/mol. The fourth-order valence-electron chi connectivity index (χ4n) is 3.01. The molecule has 1 aliphatic rings. The van der Waals surface area contributed by atoms with Gasteiger partial charge in [-0.15, -0.1) is 0 Å². The van der Waals surface area contributed by atoms with Crippen molar-refractivity contribution in [3.05, 3.63) is 75.8 Å². The molecule has 0 unspecified atom stereocenters. The fraction of sp³-hybridized carbons (Fsp3) is 0.263. The molecule has 0 nitrogen and oxygen atoms in total. The van der Waals surface area contributed by atoms with Crippen molar-refractivity contribution in [2.24, 2.45) is 0 Å².